The molecule has 0 aliphatic carbocycles. The molecule has 0 atom stereocenters. The average Bonchev–Trinajstić information content (AvgIpc) is 2.84. The fraction of sp³-hybridized carbons (Fsp3) is 0.0769. The summed E-state index contributed by atoms with van der Waals surface area (Å²) < 4.78 is 29.9. The zero-order valence-electron chi connectivity index (χ0n) is 9.95. The number of fused-ring (bicyclic) bond motifs is 1. The van der Waals surface area contributed by atoms with Crippen molar-refractivity contribution in [2.75, 3.05) is 0 Å². The highest BCUT2D eigenvalue weighted by Gasteiger charge is 2.13. The normalized spacial score (nSPS) is 11.2. The molecule has 7 heteroatoms. The molecular weight excluding hydrogens is 396 g/mol. The summed E-state index contributed by atoms with van der Waals surface area (Å²) in [5.41, 5.74) is 1.43. The number of hydrogen-bond donors (Lipinski definition) is 0. The smallest absolute Gasteiger partial charge is 0.158 e. The Morgan fingerprint density at radius 2 is 1.95 bits per heavy atom. The molecule has 0 radical (unpaired) electrons. The van der Waals surface area contributed by atoms with Crippen LogP contribution in [0.1, 0.15) is 11.3 Å². The first-order chi connectivity index (χ1) is 9.54. The van der Waals surface area contributed by atoms with Gasteiger partial charge in [-0.15, -0.1) is 0 Å². The molecule has 0 saturated heterocycles. The number of imidazole rings is 1. The molecule has 3 nitrogen and oxygen atoms in total. The first-order valence-corrected chi connectivity index (χ1v) is 7.24. The highest BCUT2D eigenvalue weighted by atomic mass is 79.9. The first kappa shape index (κ1) is 13.6. The van der Waals surface area contributed by atoms with Gasteiger partial charge >= 0.3 is 0 Å². The Morgan fingerprint density at radius 3 is 2.75 bits per heavy atom. The van der Waals surface area contributed by atoms with E-state index >= 15 is 0 Å². The van der Waals surface area contributed by atoms with Crippen LogP contribution in [0.15, 0.2) is 39.8 Å². The lowest BCUT2D eigenvalue weighted by molar-refractivity contribution is 0.583. The summed E-state index contributed by atoms with van der Waals surface area (Å²) in [6.07, 6.45) is 5.32. The second-order valence-corrected chi connectivity index (χ2v) is 5.87. The summed E-state index contributed by atoms with van der Waals surface area (Å²) in [7, 11) is 0. The van der Waals surface area contributed by atoms with Gasteiger partial charge in [0.15, 0.2) is 5.65 Å². The van der Waals surface area contributed by atoms with Crippen molar-refractivity contribution in [2.24, 2.45) is 0 Å². The van der Waals surface area contributed by atoms with Gasteiger partial charge in [0.2, 0.25) is 0 Å². The van der Waals surface area contributed by atoms with Crippen molar-refractivity contribution in [3.8, 4) is 0 Å². The monoisotopic (exact) mass is 401 g/mol. The molecule has 0 aliphatic heterocycles. The molecule has 0 unspecified atom stereocenters. The van der Waals surface area contributed by atoms with Gasteiger partial charge in [0.05, 0.1) is 10.2 Å². The molecular formula is C13H7Br2F2N3. The zero-order valence-corrected chi connectivity index (χ0v) is 13.1. The molecule has 1 aromatic carbocycles. The summed E-state index contributed by atoms with van der Waals surface area (Å²) in [6.45, 7) is 0. The molecule has 102 valence electrons. The molecule has 3 rings (SSSR count). The van der Waals surface area contributed by atoms with Gasteiger partial charge in [0, 0.05) is 25.0 Å². The molecule has 2 aromatic heterocycles. The van der Waals surface area contributed by atoms with E-state index in [1.165, 1.54) is 6.07 Å². The lowest BCUT2D eigenvalue weighted by atomic mass is 10.1. The lowest BCUT2D eigenvalue weighted by Crippen LogP contribution is -2.01. The van der Waals surface area contributed by atoms with Crippen molar-refractivity contribution < 1.29 is 8.78 Å². The quantitative estimate of drug-likeness (QED) is 0.603. The number of aromatic nitrogens is 3. The van der Waals surface area contributed by atoms with E-state index in [1.54, 1.807) is 23.0 Å². The van der Waals surface area contributed by atoms with Gasteiger partial charge in [-0.25, -0.2) is 18.7 Å². The van der Waals surface area contributed by atoms with Gasteiger partial charge in [0.1, 0.15) is 16.2 Å². The van der Waals surface area contributed by atoms with E-state index in [9.17, 15) is 8.78 Å². The fourth-order valence-electron chi connectivity index (χ4n) is 1.96. The average molecular weight is 403 g/mol. The van der Waals surface area contributed by atoms with Crippen LogP contribution in [0.4, 0.5) is 8.78 Å². The number of rotatable bonds is 2. The van der Waals surface area contributed by atoms with E-state index in [4.69, 9.17) is 0 Å². The Morgan fingerprint density at radius 1 is 1.15 bits per heavy atom. The predicted octanol–water partition coefficient (Wildman–Crippen LogP) is 4.12. The molecule has 0 saturated carbocycles. The topological polar surface area (TPSA) is 30.2 Å². The summed E-state index contributed by atoms with van der Waals surface area (Å²) in [6, 6.07) is 2.28. The largest absolute Gasteiger partial charge is 0.303 e. The molecule has 0 N–H and O–H groups in total. The van der Waals surface area contributed by atoms with E-state index < -0.39 is 11.6 Å². The second-order valence-electron chi connectivity index (χ2n) is 4.20. The Balaban J connectivity index is 2.09. The van der Waals surface area contributed by atoms with E-state index in [0.29, 0.717) is 15.9 Å². The molecule has 0 spiro atoms. The van der Waals surface area contributed by atoms with E-state index in [1.807, 2.05) is 0 Å². The molecule has 0 bridgehead atoms. The molecule has 0 aliphatic rings. The number of benzene rings is 1. The van der Waals surface area contributed by atoms with Crippen LogP contribution < -0.4 is 0 Å². The summed E-state index contributed by atoms with van der Waals surface area (Å²) in [5, 5.41) is 0. The van der Waals surface area contributed by atoms with Crippen LogP contribution in [-0.4, -0.2) is 14.4 Å². The Kier molecular flexibility index (Phi) is 3.55. The van der Waals surface area contributed by atoms with Gasteiger partial charge in [-0.2, -0.15) is 0 Å². The first-order valence-electron chi connectivity index (χ1n) is 5.66. The zero-order chi connectivity index (χ0) is 14.3. The number of halogens is 4. The third-order valence-electron chi connectivity index (χ3n) is 2.86. The van der Waals surface area contributed by atoms with Gasteiger partial charge in [0.25, 0.3) is 0 Å². The highest BCUT2D eigenvalue weighted by Crippen LogP contribution is 2.23. The van der Waals surface area contributed by atoms with Crippen molar-refractivity contribution >= 4 is 37.5 Å². The number of hydrogen-bond acceptors (Lipinski definition) is 2. The minimum atomic E-state index is -0.504. The number of nitrogens with zero attached hydrogens (tertiary/aromatic N) is 3. The Hall–Kier alpha value is -1.34. The predicted molar refractivity (Wildman–Crippen MR) is 77.6 cm³/mol. The molecule has 0 fully saturated rings. The van der Waals surface area contributed by atoms with Crippen molar-refractivity contribution in [3.05, 3.63) is 62.7 Å². The molecule has 0 amide bonds. The maximum atomic E-state index is 13.9. The maximum absolute atomic E-state index is 13.9. The van der Waals surface area contributed by atoms with E-state index in [-0.39, 0.29) is 16.5 Å². The van der Waals surface area contributed by atoms with Crippen LogP contribution in [0, 0.1) is 11.6 Å². The summed E-state index contributed by atoms with van der Waals surface area (Å²) >= 11 is 6.25. The summed E-state index contributed by atoms with van der Waals surface area (Å²) in [4.78, 5) is 8.47. The van der Waals surface area contributed by atoms with Crippen molar-refractivity contribution in [3.63, 3.8) is 0 Å². The SMILES string of the molecule is Fc1cc(Cc2nc(Br)cn3ccnc23)c(F)cc1Br. The van der Waals surface area contributed by atoms with Crippen LogP contribution >= 0.6 is 31.9 Å². The molecule has 20 heavy (non-hydrogen) atoms. The molecule has 3 aromatic rings. The van der Waals surface area contributed by atoms with Crippen molar-refractivity contribution in [2.45, 2.75) is 6.42 Å². The summed E-state index contributed by atoms with van der Waals surface area (Å²) in [5.74, 6) is -0.986. The van der Waals surface area contributed by atoms with Gasteiger partial charge in [-0.1, -0.05) is 0 Å². The van der Waals surface area contributed by atoms with Crippen LogP contribution in [0.3, 0.4) is 0 Å². The van der Waals surface area contributed by atoms with E-state index in [0.717, 1.165) is 6.07 Å². The van der Waals surface area contributed by atoms with Gasteiger partial charge < -0.3 is 4.40 Å². The second kappa shape index (κ2) is 5.21. The fourth-order valence-corrected chi connectivity index (χ4v) is 2.71. The third kappa shape index (κ3) is 2.47. The minimum Gasteiger partial charge on any atom is -0.303 e. The van der Waals surface area contributed by atoms with Crippen molar-refractivity contribution in [1.82, 2.24) is 14.4 Å². The molecule has 2 heterocycles. The van der Waals surface area contributed by atoms with Crippen molar-refractivity contribution in [1.29, 1.82) is 0 Å². The van der Waals surface area contributed by atoms with Gasteiger partial charge in [-0.05, 0) is 49.6 Å². The van der Waals surface area contributed by atoms with Gasteiger partial charge in [-0.3, -0.25) is 0 Å². The van der Waals surface area contributed by atoms with Crippen LogP contribution in [-0.2, 0) is 6.42 Å². The van der Waals surface area contributed by atoms with Crippen LogP contribution in [0.25, 0.3) is 5.65 Å². The minimum absolute atomic E-state index is 0.104. The Labute approximate surface area is 129 Å². The third-order valence-corrected chi connectivity index (χ3v) is 3.85. The lowest BCUT2D eigenvalue weighted by Gasteiger charge is -2.07. The van der Waals surface area contributed by atoms with E-state index in [2.05, 4.69) is 41.8 Å². The maximum Gasteiger partial charge on any atom is 0.158 e. The standard InChI is InChI=1S/C13H7Br2F2N3/c14-8-5-9(16)7(3-10(8)17)4-11-13-18-1-2-20(13)6-12(15)19-11/h1-3,5-6H,4H2. The highest BCUT2D eigenvalue weighted by molar-refractivity contribution is 9.10. The van der Waals surface area contributed by atoms with Crippen LogP contribution in [0.5, 0.6) is 0 Å². The Bertz CT molecular complexity index is 802. The van der Waals surface area contributed by atoms with Crippen LogP contribution in [0.2, 0.25) is 0 Å².